The molecular formula is C26H32N4O5SSi. The van der Waals surface area contributed by atoms with E-state index in [1.807, 2.05) is 30.5 Å². The van der Waals surface area contributed by atoms with Crippen molar-refractivity contribution in [3.05, 3.63) is 69.7 Å². The van der Waals surface area contributed by atoms with Gasteiger partial charge in [-0.3, -0.25) is 14.2 Å². The number of rotatable bonds is 11. The molecule has 37 heavy (non-hydrogen) atoms. The van der Waals surface area contributed by atoms with E-state index in [9.17, 15) is 9.59 Å². The average Bonchev–Trinajstić information content (AvgIpc) is 3.51. The van der Waals surface area contributed by atoms with Gasteiger partial charge in [-0.2, -0.15) is 5.10 Å². The van der Waals surface area contributed by atoms with Gasteiger partial charge < -0.3 is 14.2 Å². The molecule has 0 saturated carbocycles. The summed E-state index contributed by atoms with van der Waals surface area (Å²) in [6.45, 7) is 6.79. The highest BCUT2D eigenvalue weighted by Gasteiger charge is 2.29. The number of aromatic nitrogens is 4. The lowest BCUT2D eigenvalue weighted by Gasteiger charge is -2.21. The highest BCUT2D eigenvalue weighted by molar-refractivity contribution is 7.16. The molecule has 1 atom stereocenters. The Morgan fingerprint density at radius 3 is 2.73 bits per heavy atom. The fraction of sp³-hybridized carbons (Fsp3) is 0.385. The Hall–Kier alpha value is -3.28. The van der Waals surface area contributed by atoms with Crippen molar-refractivity contribution in [1.82, 2.24) is 19.3 Å². The number of hydrogen-bond acceptors (Lipinski definition) is 8. The highest BCUT2D eigenvalue weighted by Crippen LogP contribution is 2.28. The molecule has 4 rings (SSSR count). The molecule has 0 aliphatic rings. The van der Waals surface area contributed by atoms with E-state index in [0.29, 0.717) is 24.9 Å². The maximum Gasteiger partial charge on any atom is 0.314 e. The zero-order chi connectivity index (χ0) is 26.6. The summed E-state index contributed by atoms with van der Waals surface area (Å²) in [6, 6.07) is 12.7. The van der Waals surface area contributed by atoms with E-state index >= 15 is 0 Å². The van der Waals surface area contributed by atoms with Crippen molar-refractivity contribution in [3.63, 3.8) is 0 Å². The zero-order valence-corrected chi connectivity index (χ0v) is 24.6. The maximum atomic E-state index is 12.5. The summed E-state index contributed by atoms with van der Waals surface area (Å²) >= 11 is 1.24. The molecule has 0 radical (unpaired) electrons. The second-order valence-corrected chi connectivity index (χ2v) is 11.5. The minimum Gasteiger partial charge on any atom is -0.491 e. The molecule has 9 nitrogen and oxygen atoms in total. The predicted octanol–water partition coefficient (Wildman–Crippen LogP) is 3.13. The van der Waals surface area contributed by atoms with Crippen LogP contribution in [-0.4, -0.2) is 55.9 Å². The van der Waals surface area contributed by atoms with Crippen LogP contribution >= 0.6 is 11.3 Å². The second-order valence-electron chi connectivity index (χ2n) is 9.48. The van der Waals surface area contributed by atoms with Crippen molar-refractivity contribution in [2.45, 2.75) is 39.5 Å². The molecule has 0 fully saturated rings. The molecule has 0 amide bonds. The van der Waals surface area contributed by atoms with E-state index in [4.69, 9.17) is 19.3 Å². The number of pyridine rings is 1. The Bertz CT molecular complexity index is 1430. The van der Waals surface area contributed by atoms with Crippen molar-refractivity contribution in [2.24, 2.45) is 5.41 Å². The second kappa shape index (κ2) is 11.4. The SMILES string of the molecule is COC(=O)C(C)(C)COc1ccc(-n2ccc(C(C)c3ccc4c(c3)sc(=O)n4COCC[SiH3])n2)nc1. The molecular weight excluding hydrogens is 508 g/mol. The number of hydrogen-bond donors (Lipinski definition) is 0. The first kappa shape index (κ1) is 26.8. The summed E-state index contributed by atoms with van der Waals surface area (Å²) in [5.74, 6) is 0.908. The Morgan fingerprint density at radius 2 is 2.03 bits per heavy atom. The number of ether oxygens (including phenoxy) is 3. The number of benzene rings is 1. The number of thiazole rings is 1. The van der Waals surface area contributed by atoms with Gasteiger partial charge in [-0.25, -0.2) is 9.67 Å². The number of carbonyl (C=O) groups excluding carboxylic acids is 1. The van der Waals surface area contributed by atoms with Crippen LogP contribution in [0.5, 0.6) is 5.75 Å². The van der Waals surface area contributed by atoms with E-state index in [-0.39, 0.29) is 23.4 Å². The highest BCUT2D eigenvalue weighted by atomic mass is 32.1. The fourth-order valence-electron chi connectivity index (χ4n) is 3.83. The monoisotopic (exact) mass is 540 g/mol. The summed E-state index contributed by atoms with van der Waals surface area (Å²) in [4.78, 5) is 28.7. The van der Waals surface area contributed by atoms with Crippen LogP contribution < -0.4 is 9.61 Å². The third kappa shape index (κ3) is 6.00. The molecule has 0 bridgehead atoms. The van der Waals surface area contributed by atoms with E-state index in [0.717, 1.165) is 37.8 Å². The minimum atomic E-state index is -0.758. The van der Waals surface area contributed by atoms with E-state index < -0.39 is 5.41 Å². The Morgan fingerprint density at radius 1 is 1.22 bits per heavy atom. The smallest absolute Gasteiger partial charge is 0.314 e. The number of carbonyl (C=O) groups is 1. The first-order valence-electron chi connectivity index (χ1n) is 12.2. The van der Waals surface area contributed by atoms with Gasteiger partial charge in [0.15, 0.2) is 5.82 Å². The molecule has 4 aromatic rings. The quantitative estimate of drug-likeness (QED) is 0.164. The van der Waals surface area contributed by atoms with Gasteiger partial charge in [0.1, 0.15) is 19.1 Å². The number of esters is 1. The van der Waals surface area contributed by atoms with E-state index in [2.05, 4.69) is 18.0 Å². The topological polar surface area (TPSA) is 97.5 Å². The molecule has 1 aromatic carbocycles. The standard InChI is InChI=1S/C26H32N4O5SSi/c1-17(18-5-7-21-22(13-18)36-25(32)29(21)16-34-11-12-37)20-9-10-30(28-20)23-8-6-19(14-27-23)35-15-26(2,3)24(31)33-4/h5-10,13-14,17H,11-12,15-16H2,1-4,37H3. The molecule has 11 heteroatoms. The van der Waals surface area contributed by atoms with Crippen molar-refractivity contribution in [3.8, 4) is 11.6 Å². The van der Waals surface area contributed by atoms with Gasteiger partial charge in [0.2, 0.25) is 0 Å². The molecule has 0 aliphatic heterocycles. The first-order chi connectivity index (χ1) is 17.7. The molecule has 0 aliphatic carbocycles. The van der Waals surface area contributed by atoms with Crippen molar-refractivity contribution in [2.75, 3.05) is 20.3 Å². The van der Waals surface area contributed by atoms with Crippen molar-refractivity contribution >= 4 is 37.8 Å². The van der Waals surface area contributed by atoms with Crippen molar-refractivity contribution in [1.29, 1.82) is 0 Å². The fourth-order valence-corrected chi connectivity index (χ4v) is 5.05. The summed E-state index contributed by atoms with van der Waals surface area (Å²) in [5, 5.41) is 4.73. The van der Waals surface area contributed by atoms with Gasteiger partial charge in [0.05, 0.1) is 34.6 Å². The molecule has 0 spiro atoms. The first-order valence-corrected chi connectivity index (χ1v) is 14.4. The van der Waals surface area contributed by atoms with Crippen LogP contribution in [0.4, 0.5) is 0 Å². The lowest BCUT2D eigenvalue weighted by molar-refractivity contribution is -0.152. The maximum absolute atomic E-state index is 12.5. The number of methoxy groups -OCH3 is 1. The Kier molecular flexibility index (Phi) is 8.25. The third-order valence-corrected chi connectivity index (χ3v) is 7.46. The average molecular weight is 541 g/mol. The largest absolute Gasteiger partial charge is 0.491 e. The minimum absolute atomic E-state index is 0.00945. The van der Waals surface area contributed by atoms with Gasteiger partial charge in [-0.15, -0.1) is 0 Å². The Labute approximate surface area is 222 Å². The summed E-state index contributed by atoms with van der Waals surface area (Å²) in [5.41, 5.74) is 2.11. The Balaban J connectivity index is 1.46. The summed E-state index contributed by atoms with van der Waals surface area (Å²) in [7, 11) is 2.45. The predicted molar refractivity (Wildman–Crippen MR) is 147 cm³/mol. The van der Waals surface area contributed by atoms with Crippen LogP contribution in [0.25, 0.3) is 16.0 Å². The summed E-state index contributed by atoms with van der Waals surface area (Å²) < 4.78 is 20.5. The zero-order valence-electron chi connectivity index (χ0n) is 21.8. The van der Waals surface area contributed by atoms with Gasteiger partial charge in [-0.1, -0.05) is 24.3 Å². The van der Waals surface area contributed by atoms with Crippen LogP contribution in [0.3, 0.4) is 0 Å². The third-order valence-electron chi connectivity index (χ3n) is 6.11. The lowest BCUT2D eigenvalue weighted by Crippen LogP contribution is -2.32. The van der Waals surface area contributed by atoms with Gasteiger partial charge >= 0.3 is 10.8 Å². The number of fused-ring (bicyclic) bond motifs is 1. The van der Waals surface area contributed by atoms with Crippen LogP contribution in [0.1, 0.15) is 37.9 Å². The van der Waals surface area contributed by atoms with Crippen LogP contribution in [0, 0.1) is 5.41 Å². The van der Waals surface area contributed by atoms with Gasteiger partial charge in [-0.05, 0) is 55.8 Å². The molecule has 196 valence electrons. The van der Waals surface area contributed by atoms with Crippen molar-refractivity contribution < 1.29 is 19.0 Å². The van der Waals surface area contributed by atoms with E-state index in [1.165, 1.54) is 18.4 Å². The number of nitrogens with zero attached hydrogens (tertiary/aromatic N) is 4. The van der Waals surface area contributed by atoms with Crippen LogP contribution in [-0.2, 0) is 21.0 Å². The van der Waals surface area contributed by atoms with Crippen LogP contribution in [0.2, 0.25) is 6.04 Å². The lowest BCUT2D eigenvalue weighted by atomic mass is 9.95. The normalized spacial score (nSPS) is 12.6. The van der Waals surface area contributed by atoms with Gasteiger partial charge in [0, 0.05) is 29.0 Å². The molecule has 3 aromatic heterocycles. The molecule has 0 N–H and O–H groups in total. The molecule has 0 saturated heterocycles. The van der Waals surface area contributed by atoms with E-state index in [1.54, 1.807) is 35.4 Å². The summed E-state index contributed by atoms with van der Waals surface area (Å²) in [6.07, 6.45) is 3.48. The van der Waals surface area contributed by atoms with Crippen LogP contribution in [0.15, 0.2) is 53.6 Å². The molecule has 1 unspecified atom stereocenters. The van der Waals surface area contributed by atoms with Gasteiger partial charge in [0.25, 0.3) is 0 Å². The molecule has 3 heterocycles.